The number of ketones is 1. The summed E-state index contributed by atoms with van der Waals surface area (Å²) in [7, 11) is 0. The summed E-state index contributed by atoms with van der Waals surface area (Å²) < 4.78 is 30.7. The molecule has 0 amide bonds. The van der Waals surface area contributed by atoms with Gasteiger partial charge in [0.25, 0.3) is 5.89 Å². The van der Waals surface area contributed by atoms with Crippen LogP contribution in [0.5, 0.6) is 0 Å². The lowest BCUT2D eigenvalue weighted by atomic mass is 10.1. The Kier molecular flexibility index (Phi) is 3.77. The van der Waals surface area contributed by atoms with Crippen molar-refractivity contribution in [1.82, 2.24) is 15.1 Å². The summed E-state index contributed by atoms with van der Waals surface area (Å²) in [6.07, 6.45) is 0. The van der Waals surface area contributed by atoms with Crippen molar-refractivity contribution in [2.45, 2.75) is 19.8 Å². The van der Waals surface area contributed by atoms with Gasteiger partial charge in [-0.1, -0.05) is 29.4 Å². The van der Waals surface area contributed by atoms with Crippen molar-refractivity contribution in [3.05, 3.63) is 51.8 Å². The molecule has 2 aromatic heterocycles. The van der Waals surface area contributed by atoms with E-state index in [0.29, 0.717) is 23.7 Å². The first-order valence-electron chi connectivity index (χ1n) is 6.64. The molecule has 23 heavy (non-hydrogen) atoms. The standard InChI is InChI=1S/C15H11F2N3O2S/c1-8-18-11(7-23-8)12(21)9-3-5-10(6-4-9)13-19-14(22-20-13)15(2,16)17/h3-7H,1-2H3. The molecule has 1 aromatic carbocycles. The largest absolute Gasteiger partial charge is 0.332 e. The van der Waals surface area contributed by atoms with Gasteiger partial charge in [0.15, 0.2) is 0 Å². The highest BCUT2D eigenvalue weighted by Gasteiger charge is 2.32. The van der Waals surface area contributed by atoms with Crippen molar-refractivity contribution in [3.63, 3.8) is 0 Å². The summed E-state index contributed by atoms with van der Waals surface area (Å²) in [4.78, 5) is 20.0. The lowest BCUT2D eigenvalue weighted by Crippen LogP contribution is -2.07. The Morgan fingerprint density at radius 1 is 1.22 bits per heavy atom. The smallest absolute Gasteiger partial charge is 0.322 e. The molecule has 0 saturated carbocycles. The highest BCUT2D eigenvalue weighted by Crippen LogP contribution is 2.27. The number of halogens is 2. The molecule has 0 aliphatic heterocycles. The average molecular weight is 335 g/mol. The van der Waals surface area contributed by atoms with E-state index in [4.69, 9.17) is 0 Å². The fraction of sp³-hybridized carbons (Fsp3) is 0.200. The van der Waals surface area contributed by atoms with Crippen LogP contribution in [0.2, 0.25) is 0 Å². The van der Waals surface area contributed by atoms with Crippen LogP contribution in [0.1, 0.15) is 33.9 Å². The van der Waals surface area contributed by atoms with Crippen LogP contribution in [0.25, 0.3) is 11.4 Å². The molecular weight excluding hydrogens is 324 g/mol. The van der Waals surface area contributed by atoms with Crippen LogP contribution in [-0.2, 0) is 5.92 Å². The first-order valence-corrected chi connectivity index (χ1v) is 7.52. The number of alkyl halides is 2. The van der Waals surface area contributed by atoms with Gasteiger partial charge in [-0.05, 0) is 6.92 Å². The summed E-state index contributed by atoms with van der Waals surface area (Å²) in [5.74, 6) is -4.09. The Balaban J connectivity index is 1.85. The predicted octanol–water partition coefficient (Wildman–Crippen LogP) is 3.84. The molecule has 5 nitrogen and oxygen atoms in total. The summed E-state index contributed by atoms with van der Waals surface area (Å²) in [5.41, 5.74) is 1.31. The van der Waals surface area contributed by atoms with Crippen molar-refractivity contribution in [2.75, 3.05) is 0 Å². The summed E-state index contributed by atoms with van der Waals surface area (Å²) >= 11 is 1.40. The fourth-order valence-electron chi connectivity index (χ4n) is 1.91. The number of thiazole rings is 1. The molecule has 8 heteroatoms. The van der Waals surface area contributed by atoms with Gasteiger partial charge in [-0.3, -0.25) is 4.79 Å². The van der Waals surface area contributed by atoms with Gasteiger partial charge in [0.1, 0.15) is 5.69 Å². The van der Waals surface area contributed by atoms with Gasteiger partial charge >= 0.3 is 5.92 Å². The molecule has 0 aliphatic rings. The number of nitrogens with zero attached hydrogens (tertiary/aromatic N) is 3. The fourth-order valence-corrected chi connectivity index (χ4v) is 2.50. The van der Waals surface area contributed by atoms with E-state index in [1.54, 1.807) is 29.6 Å². The highest BCUT2D eigenvalue weighted by molar-refractivity contribution is 7.09. The molecule has 0 spiro atoms. The lowest BCUT2D eigenvalue weighted by molar-refractivity contribution is -0.0158. The third-order valence-corrected chi connectivity index (χ3v) is 3.83. The normalized spacial score (nSPS) is 11.7. The third-order valence-electron chi connectivity index (χ3n) is 3.06. The molecule has 0 radical (unpaired) electrons. The van der Waals surface area contributed by atoms with Gasteiger partial charge in [-0.25, -0.2) is 4.98 Å². The van der Waals surface area contributed by atoms with Crippen LogP contribution >= 0.6 is 11.3 Å². The van der Waals surface area contributed by atoms with Gasteiger partial charge in [0.05, 0.1) is 5.01 Å². The van der Waals surface area contributed by atoms with E-state index in [-0.39, 0.29) is 11.6 Å². The van der Waals surface area contributed by atoms with Crippen LogP contribution in [0.3, 0.4) is 0 Å². The molecule has 0 aliphatic carbocycles. The van der Waals surface area contributed by atoms with Crippen molar-refractivity contribution in [3.8, 4) is 11.4 Å². The number of carbonyl (C=O) groups is 1. The van der Waals surface area contributed by atoms with Crippen LogP contribution in [0, 0.1) is 6.92 Å². The quantitative estimate of drug-likeness (QED) is 0.678. The molecule has 3 rings (SSSR count). The highest BCUT2D eigenvalue weighted by atomic mass is 32.1. The van der Waals surface area contributed by atoms with E-state index < -0.39 is 11.8 Å². The average Bonchev–Trinajstić information content (AvgIpc) is 3.15. The van der Waals surface area contributed by atoms with Crippen molar-refractivity contribution >= 4 is 17.1 Å². The number of aromatic nitrogens is 3. The monoisotopic (exact) mass is 335 g/mol. The SMILES string of the molecule is Cc1nc(C(=O)c2ccc(-c3noc(C(C)(F)F)n3)cc2)cs1. The van der Waals surface area contributed by atoms with Crippen molar-refractivity contribution < 1.29 is 18.1 Å². The minimum absolute atomic E-state index is 0.0463. The van der Waals surface area contributed by atoms with Gasteiger partial charge in [-0.2, -0.15) is 13.8 Å². The van der Waals surface area contributed by atoms with Crippen molar-refractivity contribution in [2.24, 2.45) is 0 Å². The zero-order valence-electron chi connectivity index (χ0n) is 12.2. The molecule has 0 saturated heterocycles. The zero-order chi connectivity index (χ0) is 16.6. The van der Waals surface area contributed by atoms with Gasteiger partial charge in [-0.15, -0.1) is 11.3 Å². The number of hydrogen-bond acceptors (Lipinski definition) is 6. The Labute approximate surface area is 134 Å². The summed E-state index contributed by atoms with van der Waals surface area (Å²) in [6, 6.07) is 6.31. The molecule has 2 heterocycles. The number of benzene rings is 1. The molecule has 0 N–H and O–H groups in total. The minimum Gasteiger partial charge on any atom is -0.332 e. The molecule has 0 bridgehead atoms. The summed E-state index contributed by atoms with van der Waals surface area (Å²) in [6.45, 7) is 2.50. The van der Waals surface area contributed by atoms with E-state index in [0.717, 1.165) is 5.01 Å². The second-order valence-corrected chi connectivity index (χ2v) is 6.03. The predicted molar refractivity (Wildman–Crippen MR) is 79.6 cm³/mol. The maximum atomic E-state index is 13.1. The minimum atomic E-state index is -3.19. The molecule has 3 aromatic rings. The van der Waals surface area contributed by atoms with Crippen molar-refractivity contribution in [1.29, 1.82) is 0 Å². The number of aryl methyl sites for hydroxylation is 1. The van der Waals surface area contributed by atoms with E-state index in [2.05, 4.69) is 19.6 Å². The van der Waals surface area contributed by atoms with Crippen LogP contribution in [0.4, 0.5) is 8.78 Å². The van der Waals surface area contributed by atoms with Gasteiger partial charge in [0, 0.05) is 23.4 Å². The Hall–Kier alpha value is -2.48. The van der Waals surface area contributed by atoms with E-state index in [1.165, 1.54) is 11.3 Å². The maximum absolute atomic E-state index is 13.1. The number of carbonyl (C=O) groups excluding carboxylic acids is 1. The van der Waals surface area contributed by atoms with Crippen LogP contribution in [0.15, 0.2) is 34.2 Å². The molecule has 0 atom stereocenters. The second-order valence-electron chi connectivity index (χ2n) is 4.97. The Morgan fingerprint density at radius 3 is 2.43 bits per heavy atom. The molecule has 118 valence electrons. The topological polar surface area (TPSA) is 68.9 Å². The number of hydrogen-bond donors (Lipinski definition) is 0. The lowest BCUT2D eigenvalue weighted by Gasteiger charge is -2.01. The van der Waals surface area contributed by atoms with Crippen LogP contribution in [-0.4, -0.2) is 20.9 Å². The first-order chi connectivity index (χ1) is 10.8. The Morgan fingerprint density at radius 2 is 1.91 bits per heavy atom. The third kappa shape index (κ3) is 3.16. The first kappa shape index (κ1) is 15.4. The van der Waals surface area contributed by atoms with Crippen LogP contribution < -0.4 is 0 Å². The summed E-state index contributed by atoms with van der Waals surface area (Å²) in [5, 5.41) is 6.03. The van der Waals surface area contributed by atoms with E-state index in [1.807, 2.05) is 6.92 Å². The maximum Gasteiger partial charge on any atom is 0.322 e. The van der Waals surface area contributed by atoms with Gasteiger partial charge < -0.3 is 4.52 Å². The molecule has 0 unspecified atom stereocenters. The number of rotatable bonds is 4. The molecular formula is C15H11F2N3O2S. The van der Waals surface area contributed by atoms with Gasteiger partial charge in [0.2, 0.25) is 11.6 Å². The van der Waals surface area contributed by atoms with E-state index >= 15 is 0 Å². The molecule has 0 fully saturated rings. The zero-order valence-corrected chi connectivity index (χ0v) is 13.0. The second kappa shape index (κ2) is 5.62. The Bertz CT molecular complexity index is 850. The van der Waals surface area contributed by atoms with E-state index in [9.17, 15) is 13.6 Å².